The number of hydrogen-bond acceptors (Lipinski definition) is 3. The number of H-pyrrole nitrogens is 1. The van der Waals surface area contributed by atoms with Crippen molar-refractivity contribution >= 4 is 59.2 Å². The van der Waals surface area contributed by atoms with E-state index in [2.05, 4.69) is 25.9 Å². The molecule has 86 valence electrons. The second-order valence-electron chi connectivity index (χ2n) is 3.57. The number of aromatic nitrogens is 2. The molecule has 2 heterocycles. The molecule has 3 rings (SSSR count). The lowest BCUT2D eigenvalue weighted by atomic mass is 10.2. The van der Waals surface area contributed by atoms with Gasteiger partial charge in [-0.1, -0.05) is 15.9 Å². The molecule has 0 saturated heterocycles. The molecular formula is C11H6BrClN2OS. The van der Waals surface area contributed by atoms with Crippen LogP contribution in [0.5, 0.6) is 0 Å². The Hall–Kier alpha value is -0.910. The van der Waals surface area contributed by atoms with Gasteiger partial charge in [0.05, 0.1) is 11.4 Å². The summed E-state index contributed by atoms with van der Waals surface area (Å²) in [6.07, 6.45) is 0. The van der Waals surface area contributed by atoms with Crippen molar-refractivity contribution in [1.82, 2.24) is 9.97 Å². The lowest BCUT2D eigenvalue weighted by molar-refractivity contribution is 1.04. The Morgan fingerprint density at radius 3 is 3.06 bits per heavy atom. The first kappa shape index (κ1) is 11.2. The normalized spacial score (nSPS) is 11.4. The van der Waals surface area contributed by atoms with Crippen molar-refractivity contribution in [2.24, 2.45) is 0 Å². The first-order valence-corrected chi connectivity index (χ1v) is 7.00. The molecule has 0 aliphatic carbocycles. The fraction of sp³-hybridized carbons (Fsp3) is 0.0909. The molecule has 0 unspecified atom stereocenters. The van der Waals surface area contributed by atoms with E-state index in [0.29, 0.717) is 10.5 Å². The number of halogens is 2. The van der Waals surface area contributed by atoms with Crippen LogP contribution < -0.4 is 5.56 Å². The standard InChI is InChI=1S/C11H6BrClN2OS/c12-5-1-2-7-6(3-5)9-10(17-7)11(16)15-8(4-13)14-9/h1-3H,4H2,(H,14,15,16). The third-order valence-corrected chi connectivity index (χ3v) is 4.37. The zero-order valence-electron chi connectivity index (χ0n) is 8.46. The van der Waals surface area contributed by atoms with Gasteiger partial charge in [0.15, 0.2) is 0 Å². The molecular weight excluding hydrogens is 324 g/mol. The van der Waals surface area contributed by atoms with E-state index in [0.717, 1.165) is 20.1 Å². The second kappa shape index (κ2) is 4.08. The quantitative estimate of drug-likeness (QED) is 0.693. The van der Waals surface area contributed by atoms with Crippen molar-refractivity contribution in [3.8, 4) is 0 Å². The fourth-order valence-electron chi connectivity index (χ4n) is 1.74. The maximum Gasteiger partial charge on any atom is 0.268 e. The lowest BCUT2D eigenvalue weighted by Crippen LogP contribution is -2.08. The van der Waals surface area contributed by atoms with Gasteiger partial charge >= 0.3 is 0 Å². The first-order valence-electron chi connectivity index (χ1n) is 4.86. The minimum absolute atomic E-state index is 0.122. The topological polar surface area (TPSA) is 45.8 Å². The van der Waals surface area contributed by atoms with E-state index in [1.54, 1.807) is 0 Å². The second-order valence-corrected chi connectivity index (χ2v) is 5.80. The summed E-state index contributed by atoms with van der Waals surface area (Å²) in [4.78, 5) is 18.9. The van der Waals surface area contributed by atoms with E-state index in [-0.39, 0.29) is 11.4 Å². The van der Waals surface area contributed by atoms with Gasteiger partial charge in [-0.25, -0.2) is 4.98 Å². The van der Waals surface area contributed by atoms with Gasteiger partial charge in [-0.2, -0.15) is 0 Å². The molecule has 2 aromatic heterocycles. The van der Waals surface area contributed by atoms with Gasteiger partial charge in [-0.05, 0) is 18.2 Å². The van der Waals surface area contributed by atoms with Crippen LogP contribution in [-0.2, 0) is 5.88 Å². The van der Waals surface area contributed by atoms with Crippen LogP contribution >= 0.6 is 38.9 Å². The maximum absolute atomic E-state index is 11.9. The van der Waals surface area contributed by atoms with E-state index in [1.807, 2.05) is 18.2 Å². The van der Waals surface area contributed by atoms with Crippen molar-refractivity contribution < 1.29 is 0 Å². The van der Waals surface area contributed by atoms with Gasteiger partial charge in [0.1, 0.15) is 10.5 Å². The largest absolute Gasteiger partial charge is 0.308 e. The summed E-state index contributed by atoms with van der Waals surface area (Å²) in [7, 11) is 0. The highest BCUT2D eigenvalue weighted by Gasteiger charge is 2.11. The molecule has 3 nitrogen and oxygen atoms in total. The van der Waals surface area contributed by atoms with E-state index < -0.39 is 0 Å². The summed E-state index contributed by atoms with van der Waals surface area (Å²) in [5, 5.41) is 0.983. The third kappa shape index (κ3) is 1.78. The Bertz CT molecular complexity index is 780. The van der Waals surface area contributed by atoms with Gasteiger partial charge in [0, 0.05) is 14.6 Å². The number of thiophene rings is 1. The molecule has 0 fully saturated rings. The van der Waals surface area contributed by atoms with E-state index in [1.165, 1.54) is 11.3 Å². The van der Waals surface area contributed by atoms with Gasteiger partial charge in [0.2, 0.25) is 0 Å². The lowest BCUT2D eigenvalue weighted by Gasteiger charge is -1.95. The van der Waals surface area contributed by atoms with E-state index >= 15 is 0 Å². The Kier molecular flexibility index (Phi) is 2.69. The molecule has 6 heteroatoms. The average molecular weight is 330 g/mol. The molecule has 0 amide bonds. The van der Waals surface area contributed by atoms with E-state index in [4.69, 9.17) is 11.6 Å². The summed E-state index contributed by atoms with van der Waals surface area (Å²) in [6, 6.07) is 5.90. The summed E-state index contributed by atoms with van der Waals surface area (Å²) < 4.78 is 2.67. The predicted octanol–water partition coefficient (Wildman–Crippen LogP) is 3.64. The zero-order chi connectivity index (χ0) is 12.0. The predicted molar refractivity (Wildman–Crippen MR) is 75.0 cm³/mol. The summed E-state index contributed by atoms with van der Waals surface area (Å²) >= 11 is 10.6. The molecule has 0 aliphatic rings. The van der Waals surface area contributed by atoms with Crippen LogP contribution in [0.4, 0.5) is 0 Å². The van der Waals surface area contributed by atoms with Crippen LogP contribution in [0.1, 0.15) is 5.82 Å². The summed E-state index contributed by atoms with van der Waals surface area (Å²) in [5.41, 5.74) is 0.605. The summed E-state index contributed by atoms with van der Waals surface area (Å²) in [6.45, 7) is 0. The molecule has 0 atom stereocenters. The van der Waals surface area contributed by atoms with Crippen molar-refractivity contribution in [2.45, 2.75) is 5.88 Å². The Labute approximate surface area is 114 Å². The highest BCUT2D eigenvalue weighted by molar-refractivity contribution is 9.10. The number of fused-ring (bicyclic) bond motifs is 3. The Morgan fingerprint density at radius 2 is 2.29 bits per heavy atom. The number of rotatable bonds is 1. The van der Waals surface area contributed by atoms with Crippen LogP contribution in [-0.4, -0.2) is 9.97 Å². The molecule has 0 saturated carbocycles. The third-order valence-electron chi connectivity index (χ3n) is 2.46. The highest BCUT2D eigenvalue weighted by Crippen LogP contribution is 2.32. The monoisotopic (exact) mass is 328 g/mol. The zero-order valence-corrected chi connectivity index (χ0v) is 11.6. The Morgan fingerprint density at radius 1 is 1.47 bits per heavy atom. The van der Waals surface area contributed by atoms with Crippen molar-refractivity contribution in [2.75, 3.05) is 0 Å². The fourth-order valence-corrected chi connectivity index (χ4v) is 3.24. The first-order chi connectivity index (χ1) is 8.19. The van der Waals surface area contributed by atoms with Crippen LogP contribution in [0.3, 0.4) is 0 Å². The molecule has 17 heavy (non-hydrogen) atoms. The molecule has 0 radical (unpaired) electrons. The van der Waals surface area contributed by atoms with Crippen LogP contribution in [0.15, 0.2) is 27.5 Å². The molecule has 1 aromatic carbocycles. The average Bonchev–Trinajstić information content (AvgIpc) is 2.68. The van der Waals surface area contributed by atoms with Crippen molar-refractivity contribution in [3.05, 3.63) is 38.9 Å². The molecule has 1 N–H and O–H groups in total. The van der Waals surface area contributed by atoms with Gasteiger partial charge in [-0.15, -0.1) is 22.9 Å². The number of alkyl halides is 1. The van der Waals surface area contributed by atoms with Gasteiger partial charge < -0.3 is 4.98 Å². The number of aromatic amines is 1. The van der Waals surface area contributed by atoms with Crippen LogP contribution in [0.2, 0.25) is 0 Å². The van der Waals surface area contributed by atoms with Gasteiger partial charge in [0.25, 0.3) is 5.56 Å². The molecule has 0 aliphatic heterocycles. The molecule has 3 aromatic rings. The van der Waals surface area contributed by atoms with Crippen molar-refractivity contribution in [1.29, 1.82) is 0 Å². The van der Waals surface area contributed by atoms with Crippen LogP contribution in [0, 0.1) is 0 Å². The number of hydrogen-bond donors (Lipinski definition) is 1. The van der Waals surface area contributed by atoms with Crippen LogP contribution in [0.25, 0.3) is 20.3 Å². The number of nitrogens with one attached hydrogen (secondary N) is 1. The van der Waals surface area contributed by atoms with Gasteiger partial charge in [-0.3, -0.25) is 4.79 Å². The smallest absolute Gasteiger partial charge is 0.268 e. The van der Waals surface area contributed by atoms with E-state index in [9.17, 15) is 4.79 Å². The maximum atomic E-state index is 11.9. The number of benzene rings is 1. The summed E-state index contributed by atoms with van der Waals surface area (Å²) in [5.74, 6) is 0.708. The minimum Gasteiger partial charge on any atom is -0.308 e. The minimum atomic E-state index is -0.122. The SMILES string of the molecule is O=c1[nH]c(CCl)nc2c1sc1ccc(Br)cc12. The van der Waals surface area contributed by atoms with Crippen molar-refractivity contribution in [3.63, 3.8) is 0 Å². The number of nitrogens with zero attached hydrogens (tertiary/aromatic N) is 1. The Balaban J connectivity index is 2.54. The molecule has 0 bridgehead atoms. The highest BCUT2D eigenvalue weighted by atomic mass is 79.9. The molecule has 0 spiro atoms.